The van der Waals surface area contributed by atoms with E-state index in [2.05, 4.69) is 41.3 Å². The molecule has 1 unspecified atom stereocenters. The van der Waals surface area contributed by atoms with E-state index < -0.39 is 17.7 Å². The van der Waals surface area contributed by atoms with Gasteiger partial charge in [0.1, 0.15) is 5.76 Å². The molecule has 1 heterocycles. The van der Waals surface area contributed by atoms with Gasteiger partial charge >= 0.3 is 0 Å². The monoisotopic (exact) mass is 552 g/mol. The van der Waals surface area contributed by atoms with Crippen LogP contribution in [0.25, 0.3) is 5.76 Å². The Hall–Kier alpha value is -1.90. The zero-order chi connectivity index (χ0) is 22.5. The maximum absolute atomic E-state index is 13.0. The van der Waals surface area contributed by atoms with Crippen molar-refractivity contribution in [3.05, 3.63) is 73.8 Å². The molecule has 0 bridgehead atoms. The summed E-state index contributed by atoms with van der Waals surface area (Å²) in [7, 11) is 0. The fourth-order valence-corrected chi connectivity index (χ4v) is 4.36. The fourth-order valence-electron chi connectivity index (χ4n) is 3.87. The number of aliphatic hydroxyl groups excluding tert-OH is 1. The van der Waals surface area contributed by atoms with Gasteiger partial charge in [-0.15, -0.1) is 0 Å². The third-order valence-electron chi connectivity index (χ3n) is 5.61. The van der Waals surface area contributed by atoms with Gasteiger partial charge in [0, 0.05) is 20.7 Å². The Kier molecular flexibility index (Phi) is 8.13. The molecular formula is C24H26ClIN2O3. The van der Waals surface area contributed by atoms with Crippen LogP contribution in [0.1, 0.15) is 37.4 Å². The van der Waals surface area contributed by atoms with Crippen LogP contribution in [0.4, 0.5) is 0 Å². The lowest BCUT2D eigenvalue weighted by atomic mass is 9.95. The first-order valence-electron chi connectivity index (χ1n) is 10.4. The van der Waals surface area contributed by atoms with Crippen molar-refractivity contribution in [2.45, 2.75) is 26.3 Å². The molecule has 0 saturated carbocycles. The molecule has 164 valence electrons. The van der Waals surface area contributed by atoms with E-state index in [1.807, 2.05) is 24.3 Å². The molecule has 2 aromatic carbocycles. The van der Waals surface area contributed by atoms with Crippen molar-refractivity contribution < 1.29 is 14.7 Å². The number of benzene rings is 2. The molecule has 0 spiro atoms. The number of aliphatic hydroxyl groups is 1. The van der Waals surface area contributed by atoms with Crippen LogP contribution < -0.4 is 0 Å². The van der Waals surface area contributed by atoms with Crippen LogP contribution in [0.5, 0.6) is 0 Å². The first-order valence-corrected chi connectivity index (χ1v) is 11.8. The Balaban J connectivity index is 2.01. The summed E-state index contributed by atoms with van der Waals surface area (Å²) in [4.78, 5) is 29.9. The van der Waals surface area contributed by atoms with Crippen molar-refractivity contribution in [3.8, 4) is 0 Å². The third-order valence-corrected chi connectivity index (χ3v) is 6.58. The van der Waals surface area contributed by atoms with Crippen LogP contribution in [-0.4, -0.2) is 52.8 Å². The highest BCUT2D eigenvalue weighted by Gasteiger charge is 2.45. The molecular weight excluding hydrogens is 527 g/mol. The molecule has 2 aromatic rings. The molecule has 0 radical (unpaired) electrons. The van der Waals surface area contributed by atoms with Crippen LogP contribution >= 0.6 is 34.2 Å². The minimum atomic E-state index is -0.654. The smallest absolute Gasteiger partial charge is 0.295 e. The number of hydrogen-bond donors (Lipinski definition) is 1. The normalized spacial score (nSPS) is 18.2. The quantitative estimate of drug-likeness (QED) is 0.214. The van der Waals surface area contributed by atoms with Crippen LogP contribution in [0.15, 0.2) is 54.1 Å². The molecule has 7 heteroatoms. The fraction of sp³-hybridized carbons (Fsp3) is 0.333. The summed E-state index contributed by atoms with van der Waals surface area (Å²) in [5.74, 6) is -1.40. The van der Waals surface area contributed by atoms with Gasteiger partial charge in [-0.3, -0.25) is 9.59 Å². The van der Waals surface area contributed by atoms with Gasteiger partial charge in [0.2, 0.25) is 0 Å². The molecule has 5 nitrogen and oxygen atoms in total. The summed E-state index contributed by atoms with van der Waals surface area (Å²) >= 11 is 8.18. The molecule has 0 aliphatic carbocycles. The number of hydrogen-bond acceptors (Lipinski definition) is 4. The maximum atomic E-state index is 13.0. The van der Waals surface area contributed by atoms with Crippen LogP contribution in [0.2, 0.25) is 5.02 Å². The summed E-state index contributed by atoms with van der Waals surface area (Å²) in [5, 5.41) is 11.6. The predicted octanol–water partition coefficient (Wildman–Crippen LogP) is 5.10. The SMILES string of the molecule is CCN(CC)CCCN1C(=O)C(=O)/C(=C(/O)c2ccc(Cl)cc2)C1c1ccc(I)cc1. The number of halogens is 2. The molecule has 1 fully saturated rings. The standard InChI is InChI=1S/C24H26ClIN2O3/c1-3-27(4-2)14-5-15-28-21(16-8-12-19(26)13-9-16)20(23(30)24(28)31)22(29)17-6-10-18(25)11-7-17/h6-13,21,29H,3-5,14-15H2,1-2H3/b22-20+. The second kappa shape index (κ2) is 10.6. The molecule has 1 N–H and O–H groups in total. The van der Waals surface area contributed by atoms with E-state index in [1.54, 1.807) is 29.2 Å². The lowest BCUT2D eigenvalue weighted by Gasteiger charge is -2.26. The molecule has 1 amide bonds. The first kappa shape index (κ1) is 23.8. The van der Waals surface area contributed by atoms with Crippen LogP contribution in [0, 0.1) is 3.57 Å². The van der Waals surface area contributed by atoms with Gasteiger partial charge < -0.3 is 14.9 Å². The first-order chi connectivity index (χ1) is 14.9. The van der Waals surface area contributed by atoms with E-state index in [9.17, 15) is 14.7 Å². The Labute approximate surface area is 201 Å². The average molecular weight is 553 g/mol. The Morgan fingerprint density at radius 2 is 1.68 bits per heavy atom. The summed E-state index contributed by atoms with van der Waals surface area (Å²) < 4.78 is 1.05. The van der Waals surface area contributed by atoms with E-state index in [0.29, 0.717) is 17.1 Å². The topological polar surface area (TPSA) is 60.9 Å². The number of carbonyl (C=O) groups is 2. The van der Waals surface area contributed by atoms with Gasteiger partial charge in [0.15, 0.2) is 0 Å². The molecule has 1 atom stereocenters. The van der Waals surface area contributed by atoms with Gasteiger partial charge in [0.05, 0.1) is 11.6 Å². The summed E-state index contributed by atoms with van der Waals surface area (Å²) in [6.45, 7) is 7.36. The Morgan fingerprint density at radius 1 is 1.06 bits per heavy atom. The van der Waals surface area contributed by atoms with E-state index in [1.165, 1.54) is 0 Å². The number of carbonyl (C=O) groups excluding carboxylic acids is 2. The highest BCUT2D eigenvalue weighted by Crippen LogP contribution is 2.39. The largest absolute Gasteiger partial charge is 0.507 e. The summed E-state index contributed by atoms with van der Waals surface area (Å²) in [6, 6.07) is 13.7. The number of Topliss-reactive ketones (excluding diaryl/α,β-unsaturated/α-hetero) is 1. The summed E-state index contributed by atoms with van der Waals surface area (Å²) in [5.41, 5.74) is 1.38. The van der Waals surface area contributed by atoms with Crippen molar-refractivity contribution in [1.82, 2.24) is 9.80 Å². The van der Waals surface area contributed by atoms with Crippen molar-refractivity contribution >= 4 is 51.6 Å². The highest BCUT2D eigenvalue weighted by atomic mass is 127. The molecule has 1 saturated heterocycles. The molecule has 0 aromatic heterocycles. The lowest BCUT2D eigenvalue weighted by Crippen LogP contribution is -2.33. The van der Waals surface area contributed by atoms with Crippen LogP contribution in [0.3, 0.4) is 0 Å². The number of nitrogens with zero attached hydrogens (tertiary/aromatic N) is 2. The third kappa shape index (κ3) is 5.30. The van der Waals surface area contributed by atoms with Crippen molar-refractivity contribution in [2.75, 3.05) is 26.2 Å². The van der Waals surface area contributed by atoms with Crippen molar-refractivity contribution in [1.29, 1.82) is 0 Å². The number of ketones is 1. The molecule has 1 aliphatic rings. The number of rotatable bonds is 8. The Bertz CT molecular complexity index is 969. The van der Waals surface area contributed by atoms with E-state index in [4.69, 9.17) is 11.6 Å². The van der Waals surface area contributed by atoms with E-state index in [0.717, 1.165) is 35.2 Å². The molecule has 1 aliphatic heterocycles. The van der Waals surface area contributed by atoms with Gasteiger partial charge in [-0.1, -0.05) is 37.6 Å². The average Bonchev–Trinajstić information content (AvgIpc) is 3.02. The summed E-state index contributed by atoms with van der Waals surface area (Å²) in [6.07, 6.45) is 0.747. The zero-order valence-electron chi connectivity index (χ0n) is 17.6. The van der Waals surface area contributed by atoms with E-state index >= 15 is 0 Å². The molecule has 31 heavy (non-hydrogen) atoms. The van der Waals surface area contributed by atoms with Crippen molar-refractivity contribution in [2.24, 2.45) is 0 Å². The number of likely N-dealkylation sites (tertiary alicyclic amines) is 1. The van der Waals surface area contributed by atoms with Gasteiger partial charge in [-0.05, 0) is 90.6 Å². The molecule has 3 rings (SSSR count). The lowest BCUT2D eigenvalue weighted by molar-refractivity contribution is -0.140. The highest BCUT2D eigenvalue weighted by molar-refractivity contribution is 14.1. The van der Waals surface area contributed by atoms with Gasteiger partial charge in [-0.25, -0.2) is 0 Å². The van der Waals surface area contributed by atoms with Crippen LogP contribution in [-0.2, 0) is 9.59 Å². The van der Waals surface area contributed by atoms with Gasteiger partial charge in [-0.2, -0.15) is 0 Å². The Morgan fingerprint density at radius 3 is 2.26 bits per heavy atom. The predicted molar refractivity (Wildman–Crippen MR) is 132 cm³/mol. The maximum Gasteiger partial charge on any atom is 0.295 e. The van der Waals surface area contributed by atoms with Gasteiger partial charge in [0.25, 0.3) is 11.7 Å². The second-order valence-corrected chi connectivity index (χ2v) is 9.11. The van der Waals surface area contributed by atoms with Crippen molar-refractivity contribution in [3.63, 3.8) is 0 Å². The minimum absolute atomic E-state index is 0.122. The second-order valence-electron chi connectivity index (χ2n) is 7.43. The zero-order valence-corrected chi connectivity index (χ0v) is 20.6. The van der Waals surface area contributed by atoms with E-state index in [-0.39, 0.29) is 11.3 Å². The minimum Gasteiger partial charge on any atom is -0.507 e. The number of amides is 1.